The van der Waals surface area contributed by atoms with Gasteiger partial charge >= 0.3 is 0 Å². The summed E-state index contributed by atoms with van der Waals surface area (Å²) in [6, 6.07) is 0. The molecule has 0 spiro atoms. The molecule has 0 heterocycles. The average molecular weight is 1140 g/mol. The van der Waals surface area contributed by atoms with Crippen LogP contribution in [0.4, 0.5) is 0 Å². The Morgan fingerprint density at radius 2 is 0.490 bits per heavy atom. The molecule has 0 aromatic carbocycles. The fraction of sp³-hybridized carbons (Fsp3) is 1.00. The van der Waals surface area contributed by atoms with E-state index in [1.165, 1.54) is 126 Å². The van der Waals surface area contributed by atoms with Gasteiger partial charge in [-0.1, -0.05) is 183 Å². The number of thiol groups is 2. The molecule has 0 N–H and O–H groups in total. The van der Waals surface area contributed by atoms with Crippen LogP contribution in [0.15, 0.2) is 0 Å². The van der Waals surface area contributed by atoms with Gasteiger partial charge in [-0.2, -0.15) is 59.7 Å². The molecule has 0 aromatic rings. The second kappa shape index (κ2) is 56.8. The first-order valence-corrected chi connectivity index (χ1v) is 44.7. The molecule has 0 rings (SSSR count). The lowest BCUT2D eigenvalue weighted by Gasteiger charge is -2.04. The van der Waals surface area contributed by atoms with Crippen LogP contribution in [-0.2, 0) is 0 Å². The molecule has 0 aliphatic carbocycles. The fourth-order valence-corrected chi connectivity index (χ4v) is 34.4. The summed E-state index contributed by atoms with van der Waals surface area (Å²) in [5.74, 6) is 27.6. The van der Waals surface area contributed by atoms with E-state index in [-0.39, 0.29) is 0 Å². The van der Waals surface area contributed by atoms with E-state index < -0.39 is 0 Å². The molecular formula is C24H50S25. The molecule has 0 nitrogen and oxygen atoms in total. The van der Waals surface area contributed by atoms with Crippen molar-refractivity contribution >= 4 is 274 Å². The van der Waals surface area contributed by atoms with Crippen molar-refractivity contribution in [2.75, 3.05) is 137 Å². The van der Waals surface area contributed by atoms with Crippen molar-refractivity contribution in [2.24, 2.45) is 0 Å². The first-order valence-electron chi connectivity index (χ1n) is 14.9. The van der Waals surface area contributed by atoms with Crippen molar-refractivity contribution in [3.8, 4) is 0 Å². The summed E-state index contributed by atoms with van der Waals surface area (Å²) in [6.45, 7) is 0. The summed E-state index contributed by atoms with van der Waals surface area (Å²) < 4.78 is 0. The molecular weight excluding hydrogens is 1090 g/mol. The Kier molecular flexibility index (Phi) is 66.9. The highest BCUT2D eigenvalue weighted by molar-refractivity contribution is 9.26. The minimum Gasteiger partial charge on any atom is -0.179 e. The molecule has 0 unspecified atom stereocenters. The topological polar surface area (TPSA) is 0 Å². The molecule has 0 fully saturated rings. The molecule has 0 aliphatic rings. The SMILES string of the molecule is SCCSCCSSCCSSSSCCSCCSSCCSCCSSCCSSCSSCCSCCSSCCSSCSS. The van der Waals surface area contributed by atoms with Crippen LogP contribution in [-0.4, -0.2) is 137 Å². The highest BCUT2D eigenvalue weighted by Gasteiger charge is 2.00. The average Bonchev–Trinajstić information content (AvgIpc) is 3.11. The minimum atomic E-state index is 0.998. The molecule has 49 heavy (non-hydrogen) atoms. The third kappa shape index (κ3) is 56.8. The third-order valence-electron chi connectivity index (χ3n) is 4.07. The normalized spacial score (nSPS) is 11.6. The van der Waals surface area contributed by atoms with Gasteiger partial charge < -0.3 is 0 Å². The van der Waals surface area contributed by atoms with Crippen LogP contribution >= 0.6 is 274 Å². The zero-order chi connectivity index (χ0) is 35.2. The molecule has 0 radical (unpaired) electrons. The number of hydrogen-bond donors (Lipinski definition) is 2. The molecule has 0 aromatic heterocycles. The predicted octanol–water partition coefficient (Wildman–Crippen LogP) is 16.7. The lowest BCUT2D eigenvalue weighted by atomic mass is 10.9. The van der Waals surface area contributed by atoms with Crippen LogP contribution in [0.5, 0.6) is 0 Å². The Labute approximate surface area is 404 Å². The van der Waals surface area contributed by atoms with Crippen LogP contribution in [0, 0.1) is 0 Å². The van der Waals surface area contributed by atoms with Gasteiger partial charge in [-0.15, -0.1) is 11.7 Å². The van der Waals surface area contributed by atoms with Crippen molar-refractivity contribution < 1.29 is 0 Å². The summed E-state index contributed by atoms with van der Waals surface area (Å²) in [6.07, 6.45) is 0. The van der Waals surface area contributed by atoms with E-state index in [1.807, 2.05) is 161 Å². The maximum Gasteiger partial charge on any atom is 0.0600 e. The van der Waals surface area contributed by atoms with Crippen LogP contribution in [0.25, 0.3) is 0 Å². The van der Waals surface area contributed by atoms with E-state index in [0.29, 0.717) is 0 Å². The molecule has 0 saturated carbocycles. The van der Waals surface area contributed by atoms with Crippen LogP contribution < -0.4 is 0 Å². The Balaban J connectivity index is 3.04. The van der Waals surface area contributed by atoms with E-state index >= 15 is 0 Å². The quantitative estimate of drug-likeness (QED) is 0.0257. The van der Waals surface area contributed by atoms with Gasteiger partial charge in [0.25, 0.3) is 0 Å². The molecule has 0 atom stereocenters. The van der Waals surface area contributed by atoms with Crippen molar-refractivity contribution in [1.29, 1.82) is 0 Å². The highest BCUT2D eigenvalue weighted by Crippen LogP contribution is 2.43. The fourth-order valence-electron chi connectivity index (χ4n) is 2.23. The van der Waals surface area contributed by atoms with Crippen LogP contribution in [0.2, 0.25) is 0 Å². The molecule has 0 bridgehead atoms. The van der Waals surface area contributed by atoms with Gasteiger partial charge in [-0.3, -0.25) is 0 Å². The maximum absolute atomic E-state index is 4.25. The van der Waals surface area contributed by atoms with E-state index in [4.69, 9.17) is 0 Å². The monoisotopic (exact) mass is 1140 g/mol. The Bertz CT molecular complexity index is 525. The van der Waals surface area contributed by atoms with Crippen molar-refractivity contribution in [3.05, 3.63) is 0 Å². The Hall–Kier alpha value is 8.75. The zero-order valence-electron chi connectivity index (χ0n) is 27.3. The van der Waals surface area contributed by atoms with Crippen molar-refractivity contribution in [3.63, 3.8) is 0 Å². The Morgan fingerprint density at radius 3 is 0.816 bits per heavy atom. The third-order valence-corrected chi connectivity index (χ3v) is 37.0. The molecule has 0 aliphatic heterocycles. The summed E-state index contributed by atoms with van der Waals surface area (Å²) in [5, 5.41) is 2.28. The first kappa shape index (κ1) is 57.8. The molecule has 0 saturated heterocycles. The second-order valence-electron chi connectivity index (χ2n) is 7.71. The van der Waals surface area contributed by atoms with E-state index in [0.717, 1.165) is 10.8 Å². The van der Waals surface area contributed by atoms with Gasteiger partial charge in [-0.05, 0) is 25.4 Å². The highest BCUT2D eigenvalue weighted by atomic mass is 33.7. The lowest BCUT2D eigenvalue weighted by molar-refractivity contribution is 1.49. The minimum absolute atomic E-state index is 0.998. The first-order chi connectivity index (χ1) is 24.4. The summed E-state index contributed by atoms with van der Waals surface area (Å²) >= 11 is 16.8. The lowest BCUT2D eigenvalue weighted by Crippen LogP contribution is -1.90. The number of hydrogen-bond acceptors (Lipinski definition) is 25. The van der Waals surface area contributed by atoms with E-state index in [9.17, 15) is 0 Å². The zero-order valence-corrected chi connectivity index (χ0v) is 47.8. The van der Waals surface area contributed by atoms with Gasteiger partial charge in [0.2, 0.25) is 0 Å². The smallest absolute Gasteiger partial charge is 0.0600 e. The van der Waals surface area contributed by atoms with Gasteiger partial charge in [0.05, 0.1) is 10.2 Å². The molecule has 25 heteroatoms. The maximum atomic E-state index is 4.25. The molecule has 0 amide bonds. The van der Waals surface area contributed by atoms with Crippen LogP contribution in [0.1, 0.15) is 0 Å². The van der Waals surface area contributed by atoms with E-state index in [1.54, 1.807) is 10.8 Å². The van der Waals surface area contributed by atoms with Gasteiger partial charge in [0.1, 0.15) is 0 Å². The van der Waals surface area contributed by atoms with Gasteiger partial charge in [0.15, 0.2) is 0 Å². The number of rotatable bonds is 46. The standard InChI is InChI=1S/C24H50S25/c25-1-2-27-3-10-34-39-21-22-44-49-48-43-16-9-30-7-12-33-32-11-4-28-5-13-36-38-18-20-42-47-24-46-40-15-8-29-6-14-35-37-17-19-41-45-23-31-26/h25-26H,1-24H2. The van der Waals surface area contributed by atoms with Gasteiger partial charge in [0, 0.05) is 121 Å². The summed E-state index contributed by atoms with van der Waals surface area (Å²) in [4.78, 5) is 0. The van der Waals surface area contributed by atoms with E-state index in [2.05, 4.69) is 103 Å². The summed E-state index contributed by atoms with van der Waals surface area (Å²) in [7, 11) is 38.0. The van der Waals surface area contributed by atoms with Crippen LogP contribution in [0.3, 0.4) is 0 Å². The second-order valence-corrected chi connectivity index (χ2v) is 39.9. The number of thioether (sulfide) groups is 4. The summed E-state index contributed by atoms with van der Waals surface area (Å²) in [5.41, 5.74) is 0. The van der Waals surface area contributed by atoms with Crippen molar-refractivity contribution in [1.82, 2.24) is 0 Å². The molecule has 296 valence electrons. The Morgan fingerprint density at radius 1 is 0.245 bits per heavy atom. The van der Waals surface area contributed by atoms with Gasteiger partial charge in [-0.25, -0.2) is 0 Å². The largest absolute Gasteiger partial charge is 0.179 e. The van der Waals surface area contributed by atoms with Crippen molar-refractivity contribution in [2.45, 2.75) is 0 Å². The predicted molar refractivity (Wildman–Crippen MR) is 309 cm³/mol.